The van der Waals surface area contributed by atoms with Gasteiger partial charge in [-0.3, -0.25) is 0 Å². The van der Waals surface area contributed by atoms with E-state index >= 15 is 0 Å². The fraction of sp³-hybridized carbons (Fsp3) is 0. The molecule has 8 nitrogen and oxygen atoms in total. The summed E-state index contributed by atoms with van der Waals surface area (Å²) in [6, 6.07) is 0. The van der Waals surface area contributed by atoms with E-state index in [0.29, 0.717) is 0 Å². The van der Waals surface area contributed by atoms with Crippen LogP contribution in [0.2, 0.25) is 0 Å². The SMILES string of the molecule is O.O.O.O.O.[Al+3].[Al+3].[O-2].[O-2].[O-2]. The molecule has 0 aromatic rings. The summed E-state index contributed by atoms with van der Waals surface area (Å²) in [5, 5.41) is 0. The molecule has 0 saturated heterocycles. The molecule has 0 aliphatic carbocycles. The van der Waals surface area contributed by atoms with E-state index < -0.39 is 0 Å². The average molecular weight is 192 g/mol. The molecule has 0 amide bonds. The van der Waals surface area contributed by atoms with E-state index in [-0.39, 0.29) is 78.5 Å². The van der Waals surface area contributed by atoms with E-state index in [4.69, 9.17) is 0 Å². The molecule has 0 radical (unpaired) electrons. The van der Waals surface area contributed by atoms with Crippen molar-refractivity contribution in [2.75, 3.05) is 0 Å². The van der Waals surface area contributed by atoms with Crippen LogP contribution >= 0.6 is 0 Å². The minimum absolute atomic E-state index is 0. The Labute approximate surface area is 79.0 Å². The maximum atomic E-state index is 0. The second-order valence-electron chi connectivity index (χ2n) is 0. The van der Waals surface area contributed by atoms with Crippen molar-refractivity contribution < 1.29 is 43.8 Å². The Bertz CT molecular complexity index is 7.22. The first kappa shape index (κ1) is 1840. The molecule has 0 atom stereocenters. The van der Waals surface area contributed by atoms with E-state index in [2.05, 4.69) is 0 Å². The van der Waals surface area contributed by atoms with Gasteiger partial charge >= 0.3 is 34.7 Å². The van der Waals surface area contributed by atoms with Gasteiger partial charge in [-0.25, -0.2) is 0 Å². The summed E-state index contributed by atoms with van der Waals surface area (Å²) in [6.45, 7) is 0. The zero-order valence-corrected chi connectivity index (χ0v) is 7.19. The zero-order chi connectivity index (χ0) is 0. The maximum absolute atomic E-state index is 0. The molecule has 0 bridgehead atoms. The maximum Gasteiger partial charge on any atom is 3.00 e. The number of hydrogen-bond acceptors (Lipinski definition) is 0. The Morgan fingerprint density at radius 2 is 0.300 bits per heavy atom. The Hall–Kier alpha value is 0.745. The van der Waals surface area contributed by atoms with E-state index in [1.807, 2.05) is 0 Å². The van der Waals surface area contributed by atoms with E-state index in [0.717, 1.165) is 0 Å². The van der Waals surface area contributed by atoms with E-state index in [1.54, 1.807) is 0 Å². The van der Waals surface area contributed by atoms with Crippen molar-refractivity contribution in [3.8, 4) is 0 Å². The first-order valence-electron chi connectivity index (χ1n) is 0. The fourth-order valence-corrected chi connectivity index (χ4v) is 0. The van der Waals surface area contributed by atoms with Gasteiger partial charge in [-0.05, 0) is 0 Å². The smallest absolute Gasteiger partial charge is 2.00 e. The molecule has 10 N–H and O–H groups in total. The van der Waals surface area contributed by atoms with Crippen LogP contribution in [0, 0.1) is 0 Å². The second-order valence-corrected chi connectivity index (χ2v) is 0. The number of hydrogen-bond donors (Lipinski definition) is 0. The van der Waals surface area contributed by atoms with Crippen LogP contribution in [0.3, 0.4) is 0 Å². The summed E-state index contributed by atoms with van der Waals surface area (Å²) in [6.07, 6.45) is 0. The molecule has 10 heavy (non-hydrogen) atoms. The van der Waals surface area contributed by atoms with Crippen molar-refractivity contribution in [3.63, 3.8) is 0 Å². The van der Waals surface area contributed by atoms with Crippen molar-refractivity contribution in [2.45, 2.75) is 0 Å². The Kier molecular flexibility index (Phi) is 247000. The third kappa shape index (κ3) is 945. The van der Waals surface area contributed by atoms with Gasteiger partial charge in [0.1, 0.15) is 0 Å². The third-order valence-electron chi connectivity index (χ3n) is 0. The van der Waals surface area contributed by atoms with Crippen molar-refractivity contribution >= 4 is 34.7 Å². The predicted octanol–water partition coefficient (Wildman–Crippen LogP) is -5.24. The quantitative estimate of drug-likeness (QED) is 0.326. The molecule has 0 rings (SSSR count). The van der Waals surface area contributed by atoms with Crippen LogP contribution in [0.1, 0.15) is 0 Å². The van der Waals surface area contributed by atoms with Crippen molar-refractivity contribution in [1.29, 1.82) is 0 Å². The summed E-state index contributed by atoms with van der Waals surface area (Å²) >= 11 is 0. The van der Waals surface area contributed by atoms with Crippen LogP contribution < -0.4 is 0 Å². The summed E-state index contributed by atoms with van der Waals surface area (Å²) < 4.78 is 0. The van der Waals surface area contributed by atoms with E-state index in [9.17, 15) is 0 Å². The molecule has 0 unspecified atom stereocenters. The van der Waals surface area contributed by atoms with Gasteiger partial charge in [-0.15, -0.1) is 0 Å². The van der Waals surface area contributed by atoms with Gasteiger partial charge in [0.25, 0.3) is 0 Å². The molecule has 0 aliphatic rings. The van der Waals surface area contributed by atoms with Crippen LogP contribution in [0.4, 0.5) is 0 Å². The van der Waals surface area contributed by atoms with Gasteiger partial charge in [-0.2, -0.15) is 0 Å². The monoisotopic (exact) mass is 192 g/mol. The predicted molar refractivity (Wildman–Crippen MR) is 31.6 cm³/mol. The molecular weight excluding hydrogens is 182 g/mol. The third-order valence-corrected chi connectivity index (χ3v) is 0. The number of rotatable bonds is 0. The molecule has 0 aromatic heterocycles. The molecule has 0 spiro atoms. The van der Waals surface area contributed by atoms with Gasteiger partial charge in [-0.1, -0.05) is 0 Å². The van der Waals surface area contributed by atoms with Gasteiger partial charge in [0.15, 0.2) is 0 Å². The van der Waals surface area contributed by atoms with Crippen LogP contribution in [-0.2, 0) is 16.4 Å². The van der Waals surface area contributed by atoms with Gasteiger partial charge < -0.3 is 43.8 Å². The minimum Gasteiger partial charge on any atom is -2.00 e. The van der Waals surface area contributed by atoms with Crippen LogP contribution in [0.25, 0.3) is 0 Å². The molecule has 0 aromatic carbocycles. The topological polar surface area (TPSA) is 243 Å². The molecule has 64 valence electrons. The van der Waals surface area contributed by atoms with Crippen LogP contribution in [-0.4, -0.2) is 62.1 Å². The molecule has 0 heterocycles. The Morgan fingerprint density at radius 3 is 0.300 bits per heavy atom. The summed E-state index contributed by atoms with van der Waals surface area (Å²) in [7, 11) is 0. The minimum atomic E-state index is 0. The first-order valence-corrected chi connectivity index (χ1v) is 0. The zero-order valence-electron chi connectivity index (χ0n) is 4.88. The standard InChI is InChI=1S/2Al.5H2O.3O/h;;5*1H2;;;/q2*+3;;;;;;3*-2. The average Bonchev–Trinajstić information content (AvgIpc) is 0. The molecule has 0 saturated carbocycles. The van der Waals surface area contributed by atoms with Gasteiger partial charge in [0.2, 0.25) is 0 Å². The van der Waals surface area contributed by atoms with Gasteiger partial charge in [0.05, 0.1) is 0 Å². The van der Waals surface area contributed by atoms with Crippen LogP contribution in [0.15, 0.2) is 0 Å². The van der Waals surface area contributed by atoms with E-state index in [1.165, 1.54) is 0 Å². The normalized spacial score (nSPS) is 0. The van der Waals surface area contributed by atoms with Gasteiger partial charge in [0, 0.05) is 0 Å². The largest absolute Gasteiger partial charge is 3.00 e. The second kappa shape index (κ2) is 1340. The summed E-state index contributed by atoms with van der Waals surface area (Å²) in [5.74, 6) is 0. The molecule has 0 fully saturated rings. The van der Waals surface area contributed by atoms with Crippen molar-refractivity contribution in [3.05, 3.63) is 0 Å². The summed E-state index contributed by atoms with van der Waals surface area (Å²) in [5.41, 5.74) is 0. The summed E-state index contributed by atoms with van der Waals surface area (Å²) in [4.78, 5) is 0. The fourth-order valence-electron chi connectivity index (χ4n) is 0. The first-order chi connectivity index (χ1) is 0. The molecule has 0 aliphatic heterocycles. The van der Waals surface area contributed by atoms with Crippen molar-refractivity contribution in [1.82, 2.24) is 0 Å². The van der Waals surface area contributed by atoms with Crippen LogP contribution in [0.5, 0.6) is 0 Å². The molecular formula is H10Al2O8. The van der Waals surface area contributed by atoms with Crippen molar-refractivity contribution in [2.24, 2.45) is 0 Å². The Morgan fingerprint density at radius 1 is 0.300 bits per heavy atom. The Balaban J connectivity index is 0. The molecule has 10 heteroatoms.